The molecule has 0 atom stereocenters. The van der Waals surface area contributed by atoms with Gasteiger partial charge in [-0.25, -0.2) is 12.7 Å². The van der Waals surface area contributed by atoms with Gasteiger partial charge in [-0.2, -0.15) is 0 Å². The summed E-state index contributed by atoms with van der Waals surface area (Å²) in [5.74, 6) is 0. The van der Waals surface area contributed by atoms with Crippen LogP contribution in [0.4, 0.5) is 0 Å². The quantitative estimate of drug-likeness (QED) is 0.737. The van der Waals surface area contributed by atoms with Crippen LogP contribution in [0.15, 0.2) is 23.1 Å². The Bertz CT molecular complexity index is 529. The molecule has 0 unspecified atom stereocenters. The molecule has 114 valence electrons. The Hall–Kier alpha value is -0.950. The van der Waals surface area contributed by atoms with Crippen molar-refractivity contribution in [3.05, 3.63) is 29.3 Å². The number of ether oxygens (including phenoxy) is 1. The maximum Gasteiger partial charge on any atom is 0.243 e. The van der Waals surface area contributed by atoms with Crippen molar-refractivity contribution in [1.29, 1.82) is 0 Å². The van der Waals surface area contributed by atoms with Crippen LogP contribution in [0.1, 0.15) is 17.5 Å². The normalized spacial score (nSPS) is 12.1. The fraction of sp³-hybridized carbons (Fsp3) is 0.571. The van der Waals surface area contributed by atoms with Gasteiger partial charge in [0.1, 0.15) is 0 Å². The van der Waals surface area contributed by atoms with Gasteiger partial charge in [-0.05, 0) is 37.6 Å². The lowest BCUT2D eigenvalue weighted by Gasteiger charge is -2.19. The van der Waals surface area contributed by atoms with Crippen LogP contribution in [0.3, 0.4) is 0 Å². The number of rotatable bonds is 8. The predicted molar refractivity (Wildman–Crippen MR) is 80.3 cm³/mol. The molecule has 1 rings (SSSR count). The molecule has 0 heterocycles. The van der Waals surface area contributed by atoms with Crippen LogP contribution in [0.5, 0.6) is 0 Å². The minimum absolute atomic E-state index is 0.380. The van der Waals surface area contributed by atoms with E-state index in [0.717, 1.165) is 11.1 Å². The van der Waals surface area contributed by atoms with Crippen molar-refractivity contribution in [3.8, 4) is 0 Å². The number of hydrogen-bond acceptors (Lipinski definition) is 4. The summed E-state index contributed by atoms with van der Waals surface area (Å²) in [4.78, 5) is 0.380. The third-order valence-corrected chi connectivity index (χ3v) is 5.27. The number of methoxy groups -OCH3 is 1. The molecular formula is C14H24N2O3S. The fourth-order valence-corrected chi connectivity index (χ4v) is 3.51. The summed E-state index contributed by atoms with van der Waals surface area (Å²) < 4.78 is 31.5. The zero-order valence-corrected chi connectivity index (χ0v) is 13.5. The molecule has 1 aromatic carbocycles. The highest BCUT2D eigenvalue weighted by molar-refractivity contribution is 7.89. The molecule has 0 aliphatic carbocycles. The van der Waals surface area contributed by atoms with Crippen LogP contribution in [0.2, 0.25) is 0 Å². The minimum Gasteiger partial charge on any atom is -0.385 e. The van der Waals surface area contributed by atoms with Crippen LogP contribution >= 0.6 is 0 Å². The Labute approximate surface area is 122 Å². The van der Waals surface area contributed by atoms with Gasteiger partial charge in [0.05, 0.1) is 4.90 Å². The van der Waals surface area contributed by atoms with E-state index in [0.29, 0.717) is 31.0 Å². The van der Waals surface area contributed by atoms with Gasteiger partial charge in [-0.15, -0.1) is 0 Å². The summed E-state index contributed by atoms with van der Waals surface area (Å²) in [7, 11) is 1.62. The van der Waals surface area contributed by atoms with Crippen LogP contribution in [0.25, 0.3) is 0 Å². The van der Waals surface area contributed by atoms with E-state index in [1.807, 2.05) is 20.0 Å². The second-order valence-corrected chi connectivity index (χ2v) is 6.76. The van der Waals surface area contributed by atoms with Gasteiger partial charge in [-0.1, -0.05) is 12.1 Å². The van der Waals surface area contributed by atoms with Crippen molar-refractivity contribution in [3.63, 3.8) is 0 Å². The summed E-state index contributed by atoms with van der Waals surface area (Å²) in [5.41, 5.74) is 1.80. The lowest BCUT2D eigenvalue weighted by atomic mass is 10.1. The Morgan fingerprint density at radius 3 is 2.65 bits per heavy atom. The van der Waals surface area contributed by atoms with Gasteiger partial charge >= 0.3 is 0 Å². The van der Waals surface area contributed by atoms with Crippen molar-refractivity contribution in [2.45, 2.75) is 24.8 Å². The summed E-state index contributed by atoms with van der Waals surface area (Å²) in [6, 6.07) is 5.39. The predicted octanol–water partition coefficient (Wildman–Crippen LogP) is 1.37. The Balaban J connectivity index is 3.00. The highest BCUT2D eigenvalue weighted by atomic mass is 32.2. The number of hydrogen-bond donors (Lipinski definition) is 1. The number of nitrogens with one attached hydrogen (secondary N) is 1. The molecule has 1 aromatic rings. The molecule has 0 saturated carbocycles. The molecule has 0 spiro atoms. The third-order valence-electron chi connectivity index (χ3n) is 3.27. The summed E-state index contributed by atoms with van der Waals surface area (Å²) in [6.45, 7) is 3.51. The van der Waals surface area contributed by atoms with E-state index in [4.69, 9.17) is 4.74 Å². The van der Waals surface area contributed by atoms with Crippen molar-refractivity contribution in [1.82, 2.24) is 9.62 Å². The van der Waals surface area contributed by atoms with Crippen molar-refractivity contribution >= 4 is 10.0 Å². The highest BCUT2D eigenvalue weighted by Crippen LogP contribution is 2.22. The molecule has 0 fully saturated rings. The topological polar surface area (TPSA) is 58.6 Å². The number of nitrogens with zero attached hydrogens (tertiary/aromatic N) is 1. The van der Waals surface area contributed by atoms with E-state index in [-0.39, 0.29) is 0 Å². The molecule has 0 aliphatic heterocycles. The average molecular weight is 300 g/mol. The smallest absolute Gasteiger partial charge is 0.243 e. The maximum atomic E-state index is 12.6. The first-order valence-corrected chi connectivity index (χ1v) is 8.07. The molecule has 1 N–H and O–H groups in total. The first-order valence-electron chi connectivity index (χ1n) is 6.63. The standard InChI is InChI=1S/C14H24N2O3S/c1-12-13(11-15-2)7-5-8-14(12)20(17,18)16(3)9-6-10-19-4/h5,7-8,15H,6,9-11H2,1-4H3. The van der Waals surface area contributed by atoms with E-state index in [2.05, 4.69) is 5.32 Å². The lowest BCUT2D eigenvalue weighted by Crippen LogP contribution is -2.29. The Kier molecular flexibility index (Phi) is 6.61. The number of benzene rings is 1. The first kappa shape index (κ1) is 17.1. The summed E-state index contributed by atoms with van der Waals surface area (Å²) in [5, 5.41) is 3.05. The molecule has 0 amide bonds. The van der Waals surface area contributed by atoms with Crippen LogP contribution < -0.4 is 5.32 Å². The first-order chi connectivity index (χ1) is 9.45. The van der Waals surface area contributed by atoms with Crippen molar-refractivity contribution < 1.29 is 13.2 Å². The van der Waals surface area contributed by atoms with E-state index in [1.54, 1.807) is 26.3 Å². The van der Waals surface area contributed by atoms with Crippen LogP contribution in [0, 0.1) is 6.92 Å². The lowest BCUT2D eigenvalue weighted by molar-refractivity contribution is 0.189. The average Bonchev–Trinajstić information content (AvgIpc) is 2.41. The van der Waals surface area contributed by atoms with Crippen LogP contribution in [-0.2, 0) is 21.3 Å². The van der Waals surface area contributed by atoms with Gasteiger partial charge in [-0.3, -0.25) is 0 Å². The number of sulfonamides is 1. The van der Waals surface area contributed by atoms with E-state index in [1.165, 1.54) is 4.31 Å². The van der Waals surface area contributed by atoms with Gasteiger partial charge in [0.2, 0.25) is 10.0 Å². The van der Waals surface area contributed by atoms with Gasteiger partial charge in [0.25, 0.3) is 0 Å². The molecule has 5 nitrogen and oxygen atoms in total. The summed E-state index contributed by atoms with van der Waals surface area (Å²) in [6.07, 6.45) is 0.682. The minimum atomic E-state index is -3.44. The second-order valence-electron chi connectivity index (χ2n) is 4.74. The fourth-order valence-electron chi connectivity index (χ4n) is 2.04. The zero-order chi connectivity index (χ0) is 15.2. The third kappa shape index (κ3) is 4.02. The maximum absolute atomic E-state index is 12.6. The molecule has 0 radical (unpaired) electrons. The Morgan fingerprint density at radius 1 is 1.35 bits per heavy atom. The van der Waals surface area contributed by atoms with Crippen molar-refractivity contribution in [2.24, 2.45) is 0 Å². The second kappa shape index (κ2) is 7.73. The van der Waals surface area contributed by atoms with E-state index >= 15 is 0 Å². The molecule has 0 bridgehead atoms. The van der Waals surface area contributed by atoms with Gasteiger partial charge in [0, 0.05) is 33.9 Å². The van der Waals surface area contributed by atoms with Crippen molar-refractivity contribution in [2.75, 3.05) is 34.4 Å². The van der Waals surface area contributed by atoms with E-state index < -0.39 is 10.0 Å². The van der Waals surface area contributed by atoms with Gasteiger partial charge in [0.15, 0.2) is 0 Å². The largest absolute Gasteiger partial charge is 0.385 e. The molecule has 20 heavy (non-hydrogen) atoms. The summed E-state index contributed by atoms with van der Waals surface area (Å²) >= 11 is 0. The molecule has 0 aromatic heterocycles. The molecule has 0 saturated heterocycles. The molecule has 6 heteroatoms. The zero-order valence-electron chi connectivity index (χ0n) is 12.6. The van der Waals surface area contributed by atoms with Crippen LogP contribution in [-0.4, -0.2) is 47.1 Å². The van der Waals surface area contributed by atoms with E-state index in [9.17, 15) is 8.42 Å². The molecular weight excluding hydrogens is 276 g/mol. The monoisotopic (exact) mass is 300 g/mol. The Morgan fingerprint density at radius 2 is 2.05 bits per heavy atom. The SMILES string of the molecule is CNCc1cccc(S(=O)(=O)N(C)CCCOC)c1C. The van der Waals surface area contributed by atoms with Gasteiger partial charge < -0.3 is 10.1 Å². The molecule has 0 aliphatic rings. The highest BCUT2D eigenvalue weighted by Gasteiger charge is 2.23.